The van der Waals surface area contributed by atoms with Crippen LogP contribution in [0.4, 0.5) is 5.82 Å². The summed E-state index contributed by atoms with van der Waals surface area (Å²) in [5.41, 5.74) is 2.09. The lowest BCUT2D eigenvalue weighted by Crippen LogP contribution is -2.38. The molecule has 5 heteroatoms. The number of rotatable bonds is 2. The van der Waals surface area contributed by atoms with Crippen LogP contribution in [0, 0.1) is 0 Å². The van der Waals surface area contributed by atoms with E-state index in [2.05, 4.69) is 11.0 Å². The van der Waals surface area contributed by atoms with Crippen molar-refractivity contribution in [3.63, 3.8) is 0 Å². The molecule has 1 saturated heterocycles. The minimum absolute atomic E-state index is 0.0266. The smallest absolute Gasteiger partial charge is 0.129 e. The number of halogens is 2. The summed E-state index contributed by atoms with van der Waals surface area (Å²) < 4.78 is 5.93. The molecule has 0 unspecified atom stereocenters. The van der Waals surface area contributed by atoms with Crippen LogP contribution in [0.5, 0.6) is 0 Å². The van der Waals surface area contributed by atoms with Crippen molar-refractivity contribution in [1.29, 1.82) is 0 Å². The maximum atomic E-state index is 6.04. The van der Waals surface area contributed by atoms with Gasteiger partial charge in [0.15, 0.2) is 0 Å². The largest absolute Gasteiger partial charge is 0.370 e. The summed E-state index contributed by atoms with van der Waals surface area (Å²) in [5, 5.41) is 2.52. The quantitative estimate of drug-likeness (QED) is 0.635. The number of aromatic nitrogens is 1. The Morgan fingerprint density at radius 1 is 0.958 bits per heavy atom. The van der Waals surface area contributed by atoms with Gasteiger partial charge in [0, 0.05) is 28.5 Å². The molecule has 0 saturated carbocycles. The average Bonchev–Trinajstić information content (AvgIpc) is 2.62. The predicted octanol–water partition coefficient (Wildman–Crippen LogP) is 5.12. The highest BCUT2D eigenvalue weighted by Gasteiger charge is 2.23. The van der Waals surface area contributed by atoms with Crippen molar-refractivity contribution in [3.8, 4) is 0 Å². The molecule has 0 bridgehead atoms. The minimum Gasteiger partial charge on any atom is -0.370 e. The number of pyridine rings is 1. The summed E-state index contributed by atoms with van der Waals surface area (Å²) in [6, 6.07) is 17.7. The van der Waals surface area contributed by atoms with Crippen LogP contribution in [0.3, 0.4) is 0 Å². The summed E-state index contributed by atoms with van der Waals surface area (Å²) in [4.78, 5) is 7.03. The first kappa shape index (κ1) is 15.7. The lowest BCUT2D eigenvalue weighted by atomic mass is 10.1. The minimum atomic E-state index is 0.0266. The molecule has 0 spiro atoms. The molecule has 122 valence electrons. The SMILES string of the molecule is Clc1ccc([C@H]2CN(c3ccc4cc(Cl)ccc4n3)CCO2)cc1. The Kier molecular flexibility index (Phi) is 4.31. The molecule has 3 aromatic rings. The van der Waals surface area contributed by atoms with E-state index in [0.717, 1.165) is 45.4 Å². The van der Waals surface area contributed by atoms with Gasteiger partial charge in [-0.1, -0.05) is 35.3 Å². The van der Waals surface area contributed by atoms with E-state index >= 15 is 0 Å². The molecule has 1 fully saturated rings. The molecule has 0 aliphatic carbocycles. The van der Waals surface area contributed by atoms with E-state index in [1.165, 1.54) is 0 Å². The first-order valence-corrected chi connectivity index (χ1v) is 8.63. The fourth-order valence-corrected chi connectivity index (χ4v) is 3.30. The van der Waals surface area contributed by atoms with Crippen molar-refractivity contribution >= 4 is 39.9 Å². The van der Waals surface area contributed by atoms with Gasteiger partial charge in [0.2, 0.25) is 0 Å². The van der Waals surface area contributed by atoms with Gasteiger partial charge < -0.3 is 9.64 Å². The number of morpholine rings is 1. The Morgan fingerprint density at radius 2 is 1.75 bits per heavy atom. The third-order valence-corrected chi connectivity index (χ3v) is 4.76. The van der Waals surface area contributed by atoms with Gasteiger partial charge >= 0.3 is 0 Å². The highest BCUT2D eigenvalue weighted by molar-refractivity contribution is 6.31. The Labute approximate surface area is 150 Å². The molecule has 24 heavy (non-hydrogen) atoms. The van der Waals surface area contributed by atoms with Gasteiger partial charge in [-0.15, -0.1) is 0 Å². The number of fused-ring (bicyclic) bond motifs is 1. The second kappa shape index (κ2) is 6.60. The lowest BCUT2D eigenvalue weighted by Gasteiger charge is -2.34. The molecule has 2 heterocycles. The van der Waals surface area contributed by atoms with Crippen molar-refractivity contribution in [1.82, 2.24) is 4.98 Å². The summed E-state index contributed by atoms with van der Waals surface area (Å²) in [6.07, 6.45) is 0.0266. The number of nitrogens with zero attached hydrogens (tertiary/aromatic N) is 2. The summed E-state index contributed by atoms with van der Waals surface area (Å²) in [5.74, 6) is 0.965. The maximum Gasteiger partial charge on any atom is 0.129 e. The van der Waals surface area contributed by atoms with E-state index in [1.807, 2.05) is 48.5 Å². The summed E-state index contributed by atoms with van der Waals surface area (Å²) >= 11 is 12.0. The molecule has 1 atom stereocenters. The highest BCUT2D eigenvalue weighted by Crippen LogP contribution is 2.27. The van der Waals surface area contributed by atoms with E-state index in [1.54, 1.807) is 0 Å². The van der Waals surface area contributed by atoms with Crippen molar-refractivity contribution in [2.24, 2.45) is 0 Å². The number of hydrogen-bond donors (Lipinski definition) is 0. The third kappa shape index (κ3) is 3.20. The summed E-state index contributed by atoms with van der Waals surface area (Å²) in [7, 11) is 0. The van der Waals surface area contributed by atoms with Gasteiger partial charge in [0.25, 0.3) is 0 Å². The molecule has 0 radical (unpaired) electrons. The van der Waals surface area contributed by atoms with Crippen molar-refractivity contribution in [2.45, 2.75) is 6.10 Å². The van der Waals surface area contributed by atoms with Crippen LogP contribution in [-0.2, 0) is 4.74 Å². The first-order valence-electron chi connectivity index (χ1n) is 7.87. The van der Waals surface area contributed by atoms with Gasteiger partial charge in [0.1, 0.15) is 11.9 Å². The zero-order valence-electron chi connectivity index (χ0n) is 13.0. The Morgan fingerprint density at radius 3 is 2.58 bits per heavy atom. The molecule has 0 amide bonds. The van der Waals surface area contributed by atoms with Crippen LogP contribution >= 0.6 is 23.2 Å². The van der Waals surface area contributed by atoms with E-state index in [0.29, 0.717) is 6.61 Å². The molecule has 1 aliphatic heterocycles. The second-order valence-electron chi connectivity index (χ2n) is 5.86. The van der Waals surface area contributed by atoms with Gasteiger partial charge in [-0.05, 0) is 48.0 Å². The van der Waals surface area contributed by atoms with Crippen molar-refractivity contribution < 1.29 is 4.74 Å². The van der Waals surface area contributed by atoms with Gasteiger partial charge in [-0.3, -0.25) is 0 Å². The van der Waals surface area contributed by atoms with Crippen LogP contribution in [0.25, 0.3) is 10.9 Å². The van der Waals surface area contributed by atoms with Crippen LogP contribution in [0.15, 0.2) is 54.6 Å². The lowest BCUT2D eigenvalue weighted by molar-refractivity contribution is 0.0395. The molecule has 4 rings (SSSR count). The van der Waals surface area contributed by atoms with Gasteiger partial charge in [-0.2, -0.15) is 0 Å². The molecule has 2 aromatic carbocycles. The fraction of sp³-hybridized carbons (Fsp3) is 0.211. The first-order chi connectivity index (χ1) is 11.7. The topological polar surface area (TPSA) is 25.4 Å². The standard InChI is InChI=1S/C19H16Cl2N2O/c20-15-4-1-13(2-5-15)18-12-23(9-10-24-18)19-8-3-14-11-16(21)6-7-17(14)22-19/h1-8,11,18H,9-10,12H2/t18-/m1/s1. The van der Waals surface area contributed by atoms with Crippen LogP contribution in [0.1, 0.15) is 11.7 Å². The Hall–Kier alpha value is -1.81. The fourth-order valence-electron chi connectivity index (χ4n) is 3.00. The Balaban J connectivity index is 1.59. The molecule has 3 nitrogen and oxygen atoms in total. The van der Waals surface area contributed by atoms with E-state index in [4.69, 9.17) is 32.9 Å². The second-order valence-corrected chi connectivity index (χ2v) is 6.74. The highest BCUT2D eigenvalue weighted by atomic mass is 35.5. The van der Waals surface area contributed by atoms with E-state index < -0.39 is 0 Å². The van der Waals surface area contributed by atoms with Crippen molar-refractivity contribution in [2.75, 3.05) is 24.6 Å². The monoisotopic (exact) mass is 358 g/mol. The number of hydrogen-bond acceptors (Lipinski definition) is 3. The van der Waals surface area contributed by atoms with Crippen LogP contribution < -0.4 is 4.90 Å². The average molecular weight is 359 g/mol. The molecule has 1 aliphatic rings. The van der Waals surface area contributed by atoms with E-state index in [-0.39, 0.29) is 6.10 Å². The van der Waals surface area contributed by atoms with Crippen molar-refractivity contribution in [3.05, 3.63) is 70.2 Å². The summed E-state index contributed by atoms with van der Waals surface area (Å²) in [6.45, 7) is 2.28. The zero-order valence-corrected chi connectivity index (χ0v) is 14.5. The molecule has 1 aromatic heterocycles. The van der Waals surface area contributed by atoms with E-state index in [9.17, 15) is 0 Å². The van der Waals surface area contributed by atoms with Gasteiger partial charge in [0.05, 0.1) is 12.1 Å². The maximum absolute atomic E-state index is 6.04. The molecule has 0 N–H and O–H groups in total. The van der Waals surface area contributed by atoms with Gasteiger partial charge in [-0.25, -0.2) is 4.98 Å². The molecular formula is C19H16Cl2N2O. The van der Waals surface area contributed by atoms with Crippen LogP contribution in [0.2, 0.25) is 10.0 Å². The zero-order chi connectivity index (χ0) is 16.5. The number of anilines is 1. The number of ether oxygens (including phenoxy) is 1. The normalized spacial score (nSPS) is 18.1. The Bertz CT molecular complexity index is 867. The predicted molar refractivity (Wildman–Crippen MR) is 99.1 cm³/mol. The van der Waals surface area contributed by atoms with Crippen LogP contribution in [-0.4, -0.2) is 24.7 Å². The third-order valence-electron chi connectivity index (χ3n) is 4.27. The molecular weight excluding hydrogens is 343 g/mol. The number of benzene rings is 2.